The second-order valence-corrected chi connectivity index (χ2v) is 8.25. The Morgan fingerprint density at radius 3 is 2.54 bits per heavy atom. The highest BCUT2D eigenvalue weighted by atomic mass is 16.5. The Balaban J connectivity index is 1.64. The van der Waals surface area contributed by atoms with Gasteiger partial charge in [0.2, 0.25) is 0 Å². The standard InChI is InChI=1S/C25H33NO2/c1-5-23(21-12-11-19-8-6-7-9-20(19)15-21)26-25(27)16-28-24-14-18(4)10-13-22(24)17(2)3/h10-15,17,23H,5-9,16H2,1-4H3,(H,26,27). The normalized spacial score (nSPS) is 14.5. The van der Waals surface area contributed by atoms with E-state index in [1.54, 1.807) is 0 Å². The van der Waals surface area contributed by atoms with Crippen molar-refractivity contribution in [2.45, 2.75) is 71.8 Å². The Morgan fingerprint density at radius 2 is 1.82 bits per heavy atom. The molecule has 1 amide bonds. The molecule has 0 saturated carbocycles. The molecule has 0 spiro atoms. The third-order valence-corrected chi connectivity index (χ3v) is 5.67. The molecule has 1 aliphatic carbocycles. The number of benzene rings is 2. The molecular formula is C25H33NO2. The zero-order valence-corrected chi connectivity index (χ0v) is 17.7. The highest BCUT2D eigenvalue weighted by Gasteiger charge is 2.17. The first-order valence-corrected chi connectivity index (χ1v) is 10.6. The fourth-order valence-electron chi connectivity index (χ4n) is 4.01. The molecule has 0 saturated heterocycles. The number of amides is 1. The average Bonchev–Trinajstić information content (AvgIpc) is 2.70. The minimum Gasteiger partial charge on any atom is -0.483 e. The van der Waals surface area contributed by atoms with E-state index in [1.807, 2.05) is 13.0 Å². The van der Waals surface area contributed by atoms with E-state index in [1.165, 1.54) is 36.0 Å². The van der Waals surface area contributed by atoms with Crippen LogP contribution < -0.4 is 10.1 Å². The van der Waals surface area contributed by atoms with E-state index in [0.717, 1.165) is 29.7 Å². The molecule has 1 aliphatic rings. The van der Waals surface area contributed by atoms with Gasteiger partial charge in [-0.15, -0.1) is 0 Å². The molecule has 150 valence electrons. The van der Waals surface area contributed by atoms with E-state index in [0.29, 0.717) is 5.92 Å². The van der Waals surface area contributed by atoms with Gasteiger partial charge in [0, 0.05) is 0 Å². The van der Waals surface area contributed by atoms with Gasteiger partial charge in [0.15, 0.2) is 6.61 Å². The van der Waals surface area contributed by atoms with Crippen LogP contribution in [0.5, 0.6) is 5.75 Å². The summed E-state index contributed by atoms with van der Waals surface area (Å²) >= 11 is 0. The lowest BCUT2D eigenvalue weighted by Crippen LogP contribution is -2.32. The monoisotopic (exact) mass is 379 g/mol. The summed E-state index contributed by atoms with van der Waals surface area (Å²) in [7, 11) is 0. The van der Waals surface area contributed by atoms with E-state index in [2.05, 4.69) is 56.4 Å². The molecule has 28 heavy (non-hydrogen) atoms. The molecule has 1 N–H and O–H groups in total. The predicted octanol–water partition coefficient (Wildman–Crippen LogP) is 5.64. The van der Waals surface area contributed by atoms with Gasteiger partial charge in [0.05, 0.1) is 6.04 Å². The van der Waals surface area contributed by atoms with Crippen LogP contribution in [0.2, 0.25) is 0 Å². The fraction of sp³-hybridized carbons (Fsp3) is 0.480. The van der Waals surface area contributed by atoms with Crippen LogP contribution in [-0.2, 0) is 17.6 Å². The van der Waals surface area contributed by atoms with Crippen LogP contribution in [0.15, 0.2) is 36.4 Å². The molecule has 1 atom stereocenters. The van der Waals surface area contributed by atoms with Crippen molar-refractivity contribution in [1.82, 2.24) is 5.32 Å². The Labute approximate surface area is 169 Å². The van der Waals surface area contributed by atoms with Crippen LogP contribution in [0.1, 0.15) is 79.8 Å². The summed E-state index contributed by atoms with van der Waals surface area (Å²) in [6.07, 6.45) is 5.76. The highest BCUT2D eigenvalue weighted by Crippen LogP contribution is 2.28. The average molecular weight is 380 g/mol. The summed E-state index contributed by atoms with van der Waals surface area (Å²) in [5, 5.41) is 3.16. The Morgan fingerprint density at radius 1 is 1.07 bits per heavy atom. The van der Waals surface area contributed by atoms with Crippen molar-refractivity contribution >= 4 is 5.91 Å². The van der Waals surface area contributed by atoms with E-state index < -0.39 is 0 Å². The zero-order chi connectivity index (χ0) is 20.1. The number of carbonyl (C=O) groups is 1. The Kier molecular flexibility index (Phi) is 6.77. The van der Waals surface area contributed by atoms with Crippen molar-refractivity contribution in [3.63, 3.8) is 0 Å². The van der Waals surface area contributed by atoms with Crippen LogP contribution in [-0.4, -0.2) is 12.5 Å². The third-order valence-electron chi connectivity index (χ3n) is 5.67. The van der Waals surface area contributed by atoms with Crippen LogP contribution >= 0.6 is 0 Å². The summed E-state index contributed by atoms with van der Waals surface area (Å²) in [5.74, 6) is 1.10. The number of carbonyl (C=O) groups excluding carboxylic acids is 1. The molecule has 0 heterocycles. The molecule has 0 radical (unpaired) electrons. The number of hydrogen-bond donors (Lipinski definition) is 1. The van der Waals surface area contributed by atoms with Crippen molar-refractivity contribution in [1.29, 1.82) is 0 Å². The number of hydrogen-bond acceptors (Lipinski definition) is 2. The summed E-state index contributed by atoms with van der Waals surface area (Å²) in [6, 6.07) is 12.9. The summed E-state index contributed by atoms with van der Waals surface area (Å²) in [4.78, 5) is 12.6. The number of aryl methyl sites for hydroxylation is 3. The first kappa shape index (κ1) is 20.4. The minimum absolute atomic E-state index is 0.0328. The van der Waals surface area contributed by atoms with E-state index in [-0.39, 0.29) is 18.6 Å². The first-order chi connectivity index (χ1) is 13.5. The van der Waals surface area contributed by atoms with Crippen molar-refractivity contribution in [2.75, 3.05) is 6.61 Å². The maximum absolute atomic E-state index is 12.6. The maximum atomic E-state index is 12.6. The van der Waals surface area contributed by atoms with Crippen LogP contribution in [0.25, 0.3) is 0 Å². The Hall–Kier alpha value is -2.29. The number of nitrogens with one attached hydrogen (secondary N) is 1. The number of fused-ring (bicyclic) bond motifs is 1. The van der Waals surface area contributed by atoms with Gasteiger partial charge in [-0.1, -0.05) is 51.1 Å². The largest absolute Gasteiger partial charge is 0.483 e. The lowest BCUT2D eigenvalue weighted by atomic mass is 9.89. The van der Waals surface area contributed by atoms with Crippen LogP contribution in [0.3, 0.4) is 0 Å². The van der Waals surface area contributed by atoms with Crippen molar-refractivity contribution in [2.24, 2.45) is 0 Å². The highest BCUT2D eigenvalue weighted by molar-refractivity contribution is 5.78. The fourth-order valence-corrected chi connectivity index (χ4v) is 4.01. The van der Waals surface area contributed by atoms with Crippen LogP contribution in [0, 0.1) is 6.92 Å². The number of rotatable bonds is 7. The smallest absolute Gasteiger partial charge is 0.258 e. The Bertz CT molecular complexity index is 825. The molecule has 1 unspecified atom stereocenters. The second-order valence-electron chi connectivity index (χ2n) is 8.25. The lowest BCUT2D eigenvalue weighted by molar-refractivity contribution is -0.123. The molecular weight excluding hydrogens is 346 g/mol. The molecule has 3 heteroatoms. The number of ether oxygens (including phenoxy) is 1. The topological polar surface area (TPSA) is 38.3 Å². The summed E-state index contributed by atoms with van der Waals surface area (Å²) < 4.78 is 5.90. The lowest BCUT2D eigenvalue weighted by Gasteiger charge is -2.22. The van der Waals surface area contributed by atoms with Crippen LogP contribution in [0.4, 0.5) is 0 Å². The van der Waals surface area contributed by atoms with E-state index in [4.69, 9.17) is 4.74 Å². The molecule has 0 bridgehead atoms. The zero-order valence-electron chi connectivity index (χ0n) is 17.7. The molecule has 2 aromatic carbocycles. The SMILES string of the molecule is CCC(NC(=O)COc1cc(C)ccc1C(C)C)c1ccc2c(c1)CCCC2. The van der Waals surface area contributed by atoms with Crippen molar-refractivity contribution in [3.05, 3.63) is 64.2 Å². The van der Waals surface area contributed by atoms with Crippen molar-refractivity contribution in [3.8, 4) is 5.75 Å². The third kappa shape index (κ3) is 4.95. The molecule has 3 rings (SSSR count). The molecule has 0 aliphatic heterocycles. The quantitative estimate of drug-likeness (QED) is 0.676. The van der Waals surface area contributed by atoms with Gasteiger partial charge in [-0.25, -0.2) is 0 Å². The van der Waals surface area contributed by atoms with Gasteiger partial charge in [-0.05, 0) is 78.8 Å². The van der Waals surface area contributed by atoms with Gasteiger partial charge in [-0.3, -0.25) is 4.79 Å². The molecule has 3 nitrogen and oxygen atoms in total. The minimum atomic E-state index is -0.0687. The summed E-state index contributed by atoms with van der Waals surface area (Å²) in [6.45, 7) is 8.48. The second kappa shape index (κ2) is 9.27. The van der Waals surface area contributed by atoms with Gasteiger partial charge in [-0.2, -0.15) is 0 Å². The molecule has 0 fully saturated rings. The molecule has 0 aromatic heterocycles. The predicted molar refractivity (Wildman–Crippen MR) is 115 cm³/mol. The van der Waals surface area contributed by atoms with Gasteiger partial charge >= 0.3 is 0 Å². The molecule has 2 aromatic rings. The van der Waals surface area contributed by atoms with Gasteiger partial charge in [0.25, 0.3) is 5.91 Å². The van der Waals surface area contributed by atoms with Gasteiger partial charge in [0.1, 0.15) is 5.75 Å². The van der Waals surface area contributed by atoms with E-state index in [9.17, 15) is 4.79 Å². The maximum Gasteiger partial charge on any atom is 0.258 e. The van der Waals surface area contributed by atoms with E-state index >= 15 is 0 Å². The summed E-state index contributed by atoms with van der Waals surface area (Å²) in [5.41, 5.74) is 6.41. The van der Waals surface area contributed by atoms with Gasteiger partial charge < -0.3 is 10.1 Å². The first-order valence-electron chi connectivity index (χ1n) is 10.6. The van der Waals surface area contributed by atoms with Crippen molar-refractivity contribution < 1.29 is 9.53 Å².